The third kappa shape index (κ3) is 3.03. The Bertz CT molecular complexity index is 219. The van der Waals surface area contributed by atoms with Crippen LogP contribution < -0.4 is 0 Å². The third-order valence-corrected chi connectivity index (χ3v) is 1.42. The van der Waals surface area contributed by atoms with E-state index in [4.69, 9.17) is 0 Å². The molecule has 57 valence electrons. The van der Waals surface area contributed by atoms with Crippen molar-refractivity contribution in [3.63, 3.8) is 0 Å². The van der Waals surface area contributed by atoms with E-state index < -0.39 is 0 Å². The van der Waals surface area contributed by atoms with E-state index in [9.17, 15) is 0 Å². The predicted octanol–water partition coefficient (Wildman–Crippen LogP) is 3.17. The fourth-order valence-corrected chi connectivity index (χ4v) is 0.840. The number of hydrogen-bond acceptors (Lipinski definition) is 0. The van der Waals surface area contributed by atoms with E-state index in [2.05, 4.69) is 38.1 Å². The van der Waals surface area contributed by atoms with E-state index >= 15 is 0 Å². The van der Waals surface area contributed by atoms with Gasteiger partial charge in [-0.2, -0.15) is 0 Å². The molecule has 1 aromatic carbocycles. The van der Waals surface area contributed by atoms with Gasteiger partial charge in [0.2, 0.25) is 0 Å². The van der Waals surface area contributed by atoms with E-state index in [0.717, 1.165) is 0 Å². The van der Waals surface area contributed by atoms with Crippen LogP contribution in [0.4, 0.5) is 0 Å². The average molecular weight is 145 g/mol. The summed E-state index contributed by atoms with van der Waals surface area (Å²) >= 11 is 0. The highest BCUT2D eigenvalue weighted by molar-refractivity contribution is 5.48. The molecule has 0 aliphatic heterocycles. The minimum Gasteiger partial charge on any atom is -0.0811 e. The molecule has 1 radical (unpaired) electrons. The van der Waals surface area contributed by atoms with Crippen molar-refractivity contribution in [2.24, 2.45) is 5.92 Å². The first-order chi connectivity index (χ1) is 5.29. The van der Waals surface area contributed by atoms with Gasteiger partial charge in [0.05, 0.1) is 0 Å². The lowest BCUT2D eigenvalue weighted by atomic mass is 10.1. The number of rotatable bonds is 2. The second-order valence-corrected chi connectivity index (χ2v) is 2.75. The van der Waals surface area contributed by atoms with Crippen LogP contribution in [0.15, 0.2) is 36.4 Å². The van der Waals surface area contributed by atoms with Crippen LogP contribution in [0.1, 0.15) is 12.5 Å². The van der Waals surface area contributed by atoms with Gasteiger partial charge in [0.25, 0.3) is 0 Å². The largest absolute Gasteiger partial charge is 0.0811 e. The molecule has 0 bridgehead atoms. The Balaban J connectivity index is 2.65. The third-order valence-electron chi connectivity index (χ3n) is 1.42. The summed E-state index contributed by atoms with van der Waals surface area (Å²) in [6, 6.07) is 10.3. The molecule has 0 spiro atoms. The molecule has 1 rings (SSSR count). The van der Waals surface area contributed by atoms with Crippen LogP contribution in [-0.4, -0.2) is 0 Å². The maximum atomic E-state index is 3.87. The van der Waals surface area contributed by atoms with Crippen LogP contribution in [0.25, 0.3) is 6.08 Å². The van der Waals surface area contributed by atoms with Gasteiger partial charge in [-0.3, -0.25) is 0 Å². The standard InChI is InChI=1S/C11H13/c1-10(2)8-9-11-6-4-3-5-7-11/h3-10H,1H2,2H3. The van der Waals surface area contributed by atoms with E-state index in [1.54, 1.807) is 0 Å². The van der Waals surface area contributed by atoms with Gasteiger partial charge in [-0.15, -0.1) is 0 Å². The van der Waals surface area contributed by atoms with Gasteiger partial charge >= 0.3 is 0 Å². The summed E-state index contributed by atoms with van der Waals surface area (Å²) in [4.78, 5) is 0. The highest BCUT2D eigenvalue weighted by Gasteiger charge is 1.84. The second kappa shape index (κ2) is 3.97. The Morgan fingerprint density at radius 2 is 1.91 bits per heavy atom. The van der Waals surface area contributed by atoms with E-state index in [1.807, 2.05) is 18.2 Å². The molecule has 0 aliphatic rings. The van der Waals surface area contributed by atoms with E-state index in [1.165, 1.54) is 5.56 Å². The lowest BCUT2D eigenvalue weighted by Gasteiger charge is -1.93. The Hall–Kier alpha value is -1.04. The minimum atomic E-state index is 0.384. The molecule has 1 aromatic rings. The Morgan fingerprint density at radius 1 is 1.27 bits per heavy atom. The molecule has 0 heterocycles. The summed E-state index contributed by atoms with van der Waals surface area (Å²) in [6.07, 6.45) is 4.19. The van der Waals surface area contributed by atoms with Crippen LogP contribution in [0.2, 0.25) is 0 Å². The number of allylic oxidation sites excluding steroid dienone is 1. The van der Waals surface area contributed by atoms with Gasteiger partial charge in [-0.1, -0.05) is 49.4 Å². The smallest absolute Gasteiger partial charge is 0.0258 e. The van der Waals surface area contributed by atoms with Crippen molar-refractivity contribution in [1.82, 2.24) is 0 Å². The van der Waals surface area contributed by atoms with Crippen molar-refractivity contribution in [3.8, 4) is 0 Å². The lowest BCUT2D eigenvalue weighted by molar-refractivity contribution is 0.942. The molecule has 1 atom stereocenters. The molecular formula is C11H13. The lowest BCUT2D eigenvalue weighted by Crippen LogP contribution is -1.77. The molecule has 0 saturated carbocycles. The summed E-state index contributed by atoms with van der Waals surface area (Å²) in [5.41, 5.74) is 1.24. The first-order valence-electron chi connectivity index (χ1n) is 3.85. The summed E-state index contributed by atoms with van der Waals surface area (Å²) in [7, 11) is 0. The van der Waals surface area contributed by atoms with Crippen LogP contribution in [0.3, 0.4) is 0 Å². The normalized spacial score (nSPS) is 11.2. The van der Waals surface area contributed by atoms with Crippen molar-refractivity contribution in [1.29, 1.82) is 0 Å². The fourth-order valence-electron chi connectivity index (χ4n) is 0.840. The number of benzene rings is 1. The zero-order chi connectivity index (χ0) is 8.10. The molecule has 0 aromatic heterocycles. The molecule has 0 fully saturated rings. The van der Waals surface area contributed by atoms with Gasteiger partial charge in [0.1, 0.15) is 0 Å². The summed E-state index contributed by atoms with van der Waals surface area (Å²) in [5, 5.41) is 0. The molecule has 0 heteroatoms. The van der Waals surface area contributed by atoms with Crippen LogP contribution >= 0.6 is 0 Å². The van der Waals surface area contributed by atoms with Gasteiger partial charge in [0.15, 0.2) is 0 Å². The maximum Gasteiger partial charge on any atom is -0.0258 e. The number of hydrogen-bond donors (Lipinski definition) is 0. The maximum absolute atomic E-state index is 3.87. The second-order valence-electron chi connectivity index (χ2n) is 2.75. The highest BCUT2D eigenvalue weighted by atomic mass is 13.9. The van der Waals surface area contributed by atoms with Gasteiger partial charge in [-0.25, -0.2) is 0 Å². The molecule has 0 aliphatic carbocycles. The summed E-state index contributed by atoms with van der Waals surface area (Å²) in [6.45, 7) is 5.94. The molecule has 0 saturated heterocycles. The molecule has 11 heavy (non-hydrogen) atoms. The summed E-state index contributed by atoms with van der Waals surface area (Å²) < 4.78 is 0. The quantitative estimate of drug-likeness (QED) is 0.599. The molecule has 0 nitrogen and oxygen atoms in total. The topological polar surface area (TPSA) is 0 Å². The zero-order valence-corrected chi connectivity index (χ0v) is 6.83. The molecule has 0 N–H and O–H groups in total. The Labute approximate surface area is 68.6 Å². The molecular weight excluding hydrogens is 132 g/mol. The molecule has 0 amide bonds. The minimum absolute atomic E-state index is 0.384. The Kier molecular flexibility index (Phi) is 2.91. The van der Waals surface area contributed by atoms with Crippen molar-refractivity contribution < 1.29 is 0 Å². The predicted molar refractivity (Wildman–Crippen MR) is 50.0 cm³/mol. The fraction of sp³-hybridized carbons (Fsp3) is 0.182. The van der Waals surface area contributed by atoms with Gasteiger partial charge < -0.3 is 0 Å². The monoisotopic (exact) mass is 145 g/mol. The van der Waals surface area contributed by atoms with Gasteiger partial charge in [-0.05, 0) is 18.4 Å². The van der Waals surface area contributed by atoms with E-state index in [0.29, 0.717) is 5.92 Å². The van der Waals surface area contributed by atoms with Crippen LogP contribution in [0, 0.1) is 12.8 Å². The Morgan fingerprint density at radius 3 is 2.45 bits per heavy atom. The molecule has 1 unspecified atom stereocenters. The SMILES string of the molecule is [CH2]C(C)C=Cc1ccccc1. The van der Waals surface area contributed by atoms with Crippen molar-refractivity contribution >= 4 is 6.08 Å². The van der Waals surface area contributed by atoms with Crippen LogP contribution in [-0.2, 0) is 0 Å². The van der Waals surface area contributed by atoms with Gasteiger partial charge in [0, 0.05) is 0 Å². The average Bonchev–Trinajstić information content (AvgIpc) is 2.03. The van der Waals surface area contributed by atoms with E-state index in [-0.39, 0.29) is 0 Å². The highest BCUT2D eigenvalue weighted by Crippen LogP contribution is 2.03. The van der Waals surface area contributed by atoms with Crippen LogP contribution in [0.5, 0.6) is 0 Å². The first kappa shape index (κ1) is 8.06. The van der Waals surface area contributed by atoms with Crippen molar-refractivity contribution in [2.45, 2.75) is 6.92 Å². The first-order valence-corrected chi connectivity index (χ1v) is 3.85. The zero-order valence-electron chi connectivity index (χ0n) is 6.83. The van der Waals surface area contributed by atoms with Crippen molar-refractivity contribution in [3.05, 3.63) is 48.9 Å². The summed E-state index contributed by atoms with van der Waals surface area (Å²) in [5.74, 6) is 0.384. The van der Waals surface area contributed by atoms with Crippen molar-refractivity contribution in [2.75, 3.05) is 0 Å².